The predicted octanol–water partition coefficient (Wildman–Crippen LogP) is 10.4. The van der Waals surface area contributed by atoms with Gasteiger partial charge in [0, 0.05) is 72.3 Å². The normalized spacial score (nSPS) is 16.8. The molecule has 0 aromatic heterocycles. The van der Waals surface area contributed by atoms with E-state index in [1.165, 1.54) is 5.56 Å². The molecule has 5 aromatic carbocycles. The Morgan fingerprint density at radius 2 is 1.39 bits per heavy atom. The molecule has 368 valence electrons. The lowest BCUT2D eigenvalue weighted by Gasteiger charge is -2.35. The summed E-state index contributed by atoms with van der Waals surface area (Å²) in [5.74, 6) is 1.65. The number of aryl methyl sites for hydroxylation is 2. The Hall–Kier alpha value is -5.86. The molecule has 70 heavy (non-hydrogen) atoms. The second-order valence-electron chi connectivity index (χ2n) is 19.5. The molecule has 13 heteroatoms. The van der Waals surface area contributed by atoms with Gasteiger partial charge in [0.2, 0.25) is 0 Å². The Kier molecular flexibility index (Phi) is 15.2. The van der Waals surface area contributed by atoms with Crippen LogP contribution in [0.3, 0.4) is 0 Å². The standard InChI is InChI=1S/C57H66N4O8S/c1-37(2)70-57(4,5)36-59(18-19-66-22-23-67-21-20-64-6)45-26-39(34-68-52-30-41-16-17-44-28-42-12-8-10-14-50(42)60(44)55(62)47(41)24-38(52)3)25-40(27-45)35-69-54-32-49-48(31-53(54)65-7)56(63)61-46(33-58-49)29-43-13-9-11-15-51(43)61/h8-15,24-27,30-33,37,44,46H,16-23,28-29,34-36H2,1-7H3/t44-,46+/m1/s1. The van der Waals surface area contributed by atoms with Crippen molar-refractivity contribution in [1.82, 2.24) is 0 Å². The van der Waals surface area contributed by atoms with Gasteiger partial charge in [-0.15, -0.1) is 0 Å². The molecule has 0 spiro atoms. The molecule has 2 atom stereocenters. The Morgan fingerprint density at radius 1 is 0.729 bits per heavy atom. The molecular formula is C57H66N4O8S. The van der Waals surface area contributed by atoms with Gasteiger partial charge in [0.05, 0.1) is 57.4 Å². The van der Waals surface area contributed by atoms with Crippen LogP contribution in [0.1, 0.15) is 88.2 Å². The molecule has 0 radical (unpaired) electrons. The first-order valence-corrected chi connectivity index (χ1v) is 25.5. The smallest absolute Gasteiger partial charge is 0.261 e. The summed E-state index contributed by atoms with van der Waals surface area (Å²) in [6, 6.07) is 30.4. The summed E-state index contributed by atoms with van der Waals surface area (Å²) >= 11 is 1.95. The number of aliphatic imine (C=N–C) groups is 1. The van der Waals surface area contributed by atoms with Crippen LogP contribution in [0.4, 0.5) is 22.7 Å². The molecule has 4 aliphatic heterocycles. The number of hydrogen-bond donors (Lipinski definition) is 0. The Balaban J connectivity index is 0.995. The number of hydrogen-bond acceptors (Lipinski definition) is 11. The minimum Gasteiger partial charge on any atom is -0.493 e. The fraction of sp³-hybridized carbons (Fsp3) is 0.421. The first kappa shape index (κ1) is 49.1. The van der Waals surface area contributed by atoms with Crippen LogP contribution < -0.4 is 28.9 Å². The summed E-state index contributed by atoms with van der Waals surface area (Å²) in [7, 11) is 3.26. The number of para-hydroxylation sites is 2. The number of nitrogens with zero attached hydrogens (tertiary/aromatic N) is 4. The minimum atomic E-state index is -0.171. The van der Waals surface area contributed by atoms with Gasteiger partial charge < -0.3 is 38.2 Å². The van der Waals surface area contributed by atoms with Crippen LogP contribution in [-0.4, -0.2) is 100 Å². The van der Waals surface area contributed by atoms with Crippen molar-refractivity contribution < 1.29 is 38.0 Å². The van der Waals surface area contributed by atoms with E-state index in [9.17, 15) is 9.59 Å². The van der Waals surface area contributed by atoms with Gasteiger partial charge in [-0.3, -0.25) is 19.5 Å². The fourth-order valence-electron chi connectivity index (χ4n) is 10.4. The molecule has 12 nitrogen and oxygen atoms in total. The van der Waals surface area contributed by atoms with E-state index in [4.69, 9.17) is 33.4 Å². The highest BCUT2D eigenvalue weighted by molar-refractivity contribution is 8.01. The Bertz CT molecular complexity index is 2740. The van der Waals surface area contributed by atoms with Crippen molar-refractivity contribution in [2.75, 3.05) is 75.0 Å². The van der Waals surface area contributed by atoms with E-state index in [0.717, 1.165) is 82.0 Å². The first-order valence-electron chi connectivity index (χ1n) is 24.6. The average Bonchev–Trinajstić information content (AvgIpc) is 3.84. The lowest BCUT2D eigenvalue weighted by atomic mass is 9.98. The molecule has 0 unspecified atom stereocenters. The van der Waals surface area contributed by atoms with Gasteiger partial charge in [0.15, 0.2) is 11.5 Å². The quantitative estimate of drug-likeness (QED) is 0.0659. The lowest BCUT2D eigenvalue weighted by molar-refractivity contribution is 0.0264. The zero-order valence-electron chi connectivity index (χ0n) is 41.6. The molecule has 5 aromatic rings. The topological polar surface area (TPSA) is 112 Å². The summed E-state index contributed by atoms with van der Waals surface area (Å²) in [6.07, 6.45) is 5.14. The van der Waals surface area contributed by atoms with Crippen molar-refractivity contribution in [1.29, 1.82) is 0 Å². The second-order valence-corrected chi connectivity index (χ2v) is 21.8. The number of thioether (sulfide) groups is 1. The van der Waals surface area contributed by atoms with E-state index in [2.05, 4.69) is 81.1 Å². The van der Waals surface area contributed by atoms with Crippen LogP contribution in [0.15, 0.2) is 96.0 Å². The highest BCUT2D eigenvalue weighted by Gasteiger charge is 2.38. The third-order valence-corrected chi connectivity index (χ3v) is 14.7. The number of ether oxygens (including phenoxy) is 6. The van der Waals surface area contributed by atoms with Crippen LogP contribution in [0.25, 0.3) is 0 Å². The number of carbonyl (C=O) groups excluding carboxylic acids is 2. The lowest BCUT2D eigenvalue weighted by Crippen LogP contribution is -2.39. The van der Waals surface area contributed by atoms with E-state index in [-0.39, 0.29) is 35.3 Å². The molecule has 4 aliphatic rings. The number of anilines is 3. The van der Waals surface area contributed by atoms with Crippen LogP contribution in [0.2, 0.25) is 0 Å². The molecule has 0 aliphatic carbocycles. The van der Waals surface area contributed by atoms with Crippen molar-refractivity contribution in [2.45, 2.75) is 95.6 Å². The largest absolute Gasteiger partial charge is 0.493 e. The molecule has 9 rings (SSSR count). The van der Waals surface area contributed by atoms with Crippen LogP contribution in [0, 0.1) is 6.92 Å². The maximum absolute atomic E-state index is 14.2. The third kappa shape index (κ3) is 10.9. The zero-order valence-corrected chi connectivity index (χ0v) is 42.4. The van der Waals surface area contributed by atoms with E-state index in [0.29, 0.717) is 80.6 Å². The molecule has 0 fully saturated rings. The monoisotopic (exact) mass is 966 g/mol. The van der Waals surface area contributed by atoms with Gasteiger partial charge in [-0.05, 0) is 127 Å². The number of benzene rings is 5. The molecule has 0 N–H and O–H groups in total. The van der Waals surface area contributed by atoms with E-state index in [1.807, 2.05) is 71.1 Å². The second kappa shape index (κ2) is 21.6. The summed E-state index contributed by atoms with van der Waals surface area (Å²) in [5, 5.41) is 0.441. The summed E-state index contributed by atoms with van der Waals surface area (Å²) in [6.45, 7) is 15.6. The Morgan fingerprint density at radius 3 is 2.10 bits per heavy atom. The van der Waals surface area contributed by atoms with Gasteiger partial charge in [-0.1, -0.05) is 50.2 Å². The molecular weight excluding hydrogens is 901 g/mol. The van der Waals surface area contributed by atoms with E-state index >= 15 is 0 Å². The zero-order chi connectivity index (χ0) is 48.9. The first-order chi connectivity index (χ1) is 33.9. The number of fused-ring (bicyclic) bond motifs is 8. The molecule has 4 heterocycles. The van der Waals surface area contributed by atoms with E-state index in [1.54, 1.807) is 20.3 Å². The van der Waals surface area contributed by atoms with Crippen molar-refractivity contribution in [3.63, 3.8) is 0 Å². The van der Waals surface area contributed by atoms with Gasteiger partial charge >= 0.3 is 0 Å². The Labute approximate surface area is 417 Å². The maximum Gasteiger partial charge on any atom is 0.261 e. The summed E-state index contributed by atoms with van der Waals surface area (Å²) < 4.78 is 36.1. The summed E-state index contributed by atoms with van der Waals surface area (Å²) in [5.41, 5.74) is 10.9. The predicted molar refractivity (Wildman–Crippen MR) is 280 cm³/mol. The SMILES string of the molecule is COCCOCCOCCN(CC(C)(C)SC(C)C)c1cc(COc2cc3c(cc2C)C(=O)N2c4ccccc4C[C@H]2CC3)cc(COc2cc3c(cc2OC)C(=O)N2c4ccccc4C[C@H]2C=N3)c1. The number of rotatable bonds is 21. The van der Waals surface area contributed by atoms with Gasteiger partial charge in [-0.2, -0.15) is 11.8 Å². The summed E-state index contributed by atoms with van der Waals surface area (Å²) in [4.78, 5) is 39.4. The number of methoxy groups -OCH3 is 2. The number of carbonyl (C=O) groups is 2. The highest BCUT2D eigenvalue weighted by atomic mass is 32.2. The fourth-order valence-corrected chi connectivity index (χ4v) is 11.9. The van der Waals surface area contributed by atoms with Gasteiger partial charge in [0.25, 0.3) is 11.8 Å². The van der Waals surface area contributed by atoms with Gasteiger partial charge in [-0.25, -0.2) is 0 Å². The third-order valence-electron chi connectivity index (χ3n) is 13.4. The minimum absolute atomic E-state index is 0.0614. The van der Waals surface area contributed by atoms with E-state index < -0.39 is 0 Å². The average molecular weight is 967 g/mol. The maximum atomic E-state index is 14.2. The van der Waals surface area contributed by atoms with Gasteiger partial charge in [0.1, 0.15) is 19.0 Å². The molecule has 0 saturated heterocycles. The highest BCUT2D eigenvalue weighted by Crippen LogP contribution is 2.43. The molecule has 0 bridgehead atoms. The number of amides is 2. The van der Waals surface area contributed by atoms with Crippen molar-refractivity contribution >= 4 is 52.5 Å². The molecule has 2 amide bonds. The molecule has 0 saturated carbocycles. The van der Waals surface area contributed by atoms with Crippen LogP contribution in [-0.2, 0) is 46.7 Å². The van der Waals surface area contributed by atoms with Crippen molar-refractivity contribution in [3.05, 3.63) is 136 Å². The van der Waals surface area contributed by atoms with Crippen molar-refractivity contribution in [3.8, 4) is 17.2 Å². The van der Waals surface area contributed by atoms with Crippen molar-refractivity contribution in [2.24, 2.45) is 4.99 Å². The van der Waals surface area contributed by atoms with Crippen LogP contribution in [0.5, 0.6) is 17.2 Å². The van der Waals surface area contributed by atoms with Crippen LogP contribution >= 0.6 is 11.8 Å².